The summed E-state index contributed by atoms with van der Waals surface area (Å²) in [6.07, 6.45) is 2.09. The van der Waals surface area contributed by atoms with Crippen molar-refractivity contribution in [1.29, 1.82) is 0 Å². The summed E-state index contributed by atoms with van der Waals surface area (Å²) in [6.45, 7) is 0. The van der Waals surface area contributed by atoms with Gasteiger partial charge in [0.05, 0.1) is 0 Å². The summed E-state index contributed by atoms with van der Waals surface area (Å²) in [6, 6.07) is 28.9. The van der Waals surface area contributed by atoms with E-state index in [1.807, 2.05) is 48.5 Å². The van der Waals surface area contributed by atoms with Gasteiger partial charge in [0, 0.05) is 21.8 Å². The molecule has 4 rings (SSSR count). The Bertz CT molecular complexity index is 1040. The zero-order valence-corrected chi connectivity index (χ0v) is 17.1. The van der Waals surface area contributed by atoms with E-state index in [0.29, 0.717) is 5.16 Å². The topological polar surface area (TPSA) is 38.7 Å². The Kier molecular flexibility index (Phi) is 6.04. The third-order valence-corrected chi connectivity index (χ3v) is 5.94. The van der Waals surface area contributed by atoms with E-state index in [1.165, 1.54) is 10.5 Å². The molecule has 0 fully saturated rings. The van der Waals surface area contributed by atoms with Gasteiger partial charge in [-0.15, -0.1) is 22.0 Å². The molecule has 0 unspecified atom stereocenters. The Labute approximate surface area is 173 Å². The molecule has 0 spiro atoms. The summed E-state index contributed by atoms with van der Waals surface area (Å²) < 4.78 is 0. The van der Waals surface area contributed by atoms with Crippen molar-refractivity contribution in [2.45, 2.75) is 15.8 Å². The van der Waals surface area contributed by atoms with E-state index in [-0.39, 0.29) is 0 Å². The highest BCUT2D eigenvalue weighted by molar-refractivity contribution is 7.98. The molecule has 28 heavy (non-hydrogen) atoms. The Morgan fingerprint density at radius 3 is 1.89 bits per heavy atom. The summed E-state index contributed by atoms with van der Waals surface area (Å²) in [5.41, 5.74) is 4.98. The molecule has 5 heteroatoms. The van der Waals surface area contributed by atoms with Gasteiger partial charge in [0.1, 0.15) is 11.4 Å². The van der Waals surface area contributed by atoms with Crippen LogP contribution in [0, 0.1) is 0 Å². The van der Waals surface area contributed by atoms with E-state index in [1.54, 1.807) is 23.5 Å². The van der Waals surface area contributed by atoms with Gasteiger partial charge in [0.2, 0.25) is 5.16 Å². The van der Waals surface area contributed by atoms with Crippen LogP contribution in [-0.2, 0) is 5.75 Å². The molecule has 0 saturated carbocycles. The molecule has 0 N–H and O–H groups in total. The molecule has 138 valence electrons. The van der Waals surface area contributed by atoms with Crippen LogP contribution in [0.1, 0.15) is 5.56 Å². The van der Waals surface area contributed by atoms with Crippen LogP contribution in [0.5, 0.6) is 0 Å². The first-order valence-corrected chi connectivity index (χ1v) is 11.2. The number of aromatic nitrogens is 3. The fraction of sp³-hybridized carbons (Fsp3) is 0.0870. The predicted octanol–water partition coefficient (Wildman–Crippen LogP) is 6.22. The number of rotatable bonds is 6. The molecule has 1 aromatic heterocycles. The fourth-order valence-corrected chi connectivity index (χ4v) is 3.98. The highest BCUT2D eigenvalue weighted by Crippen LogP contribution is 2.30. The molecule has 4 aromatic rings. The lowest BCUT2D eigenvalue weighted by Gasteiger charge is -2.09. The molecule has 0 aliphatic rings. The van der Waals surface area contributed by atoms with Crippen molar-refractivity contribution in [2.75, 3.05) is 6.26 Å². The molecule has 3 nitrogen and oxygen atoms in total. The maximum Gasteiger partial charge on any atom is 0.210 e. The molecular weight excluding hydrogens is 382 g/mol. The molecule has 0 atom stereocenters. The lowest BCUT2D eigenvalue weighted by atomic mass is 10.0. The van der Waals surface area contributed by atoms with Crippen LogP contribution in [0.15, 0.2) is 95.0 Å². The first-order chi connectivity index (χ1) is 13.8. The summed E-state index contributed by atoms with van der Waals surface area (Å²) in [5.74, 6) is 0.815. The van der Waals surface area contributed by atoms with Crippen LogP contribution in [-0.4, -0.2) is 21.4 Å². The van der Waals surface area contributed by atoms with E-state index < -0.39 is 0 Å². The second-order valence-electron chi connectivity index (χ2n) is 6.16. The molecule has 3 aromatic carbocycles. The number of thioether (sulfide) groups is 2. The number of nitrogens with zero attached hydrogens (tertiary/aromatic N) is 3. The third kappa shape index (κ3) is 4.43. The van der Waals surface area contributed by atoms with E-state index in [4.69, 9.17) is 4.98 Å². The summed E-state index contributed by atoms with van der Waals surface area (Å²) in [7, 11) is 0. The van der Waals surface area contributed by atoms with Gasteiger partial charge in [-0.1, -0.05) is 84.6 Å². The standard InChI is InChI=1S/C23H19N3S2/c1-27-20-14-12-17(13-15-20)16-28-23-24-21(18-8-4-2-5-9-18)22(25-26-23)19-10-6-3-7-11-19/h2-15H,16H2,1H3. The smallest absolute Gasteiger partial charge is 0.210 e. The largest absolute Gasteiger partial charge is 0.219 e. The van der Waals surface area contributed by atoms with Gasteiger partial charge in [-0.25, -0.2) is 4.98 Å². The first-order valence-electron chi connectivity index (χ1n) is 8.95. The molecule has 0 aliphatic carbocycles. The second kappa shape index (κ2) is 9.04. The Morgan fingerprint density at radius 2 is 1.29 bits per heavy atom. The van der Waals surface area contributed by atoms with Crippen molar-refractivity contribution in [3.05, 3.63) is 90.5 Å². The van der Waals surface area contributed by atoms with Crippen LogP contribution in [0.3, 0.4) is 0 Å². The molecule has 0 amide bonds. The van der Waals surface area contributed by atoms with Crippen molar-refractivity contribution in [1.82, 2.24) is 15.2 Å². The van der Waals surface area contributed by atoms with Gasteiger partial charge >= 0.3 is 0 Å². The van der Waals surface area contributed by atoms with Crippen molar-refractivity contribution < 1.29 is 0 Å². The van der Waals surface area contributed by atoms with Crippen molar-refractivity contribution in [3.8, 4) is 22.5 Å². The van der Waals surface area contributed by atoms with Gasteiger partial charge in [-0.05, 0) is 24.0 Å². The van der Waals surface area contributed by atoms with E-state index in [9.17, 15) is 0 Å². The van der Waals surface area contributed by atoms with Crippen LogP contribution in [0.4, 0.5) is 0 Å². The number of hydrogen-bond donors (Lipinski definition) is 0. The number of benzene rings is 3. The zero-order valence-electron chi connectivity index (χ0n) is 15.4. The number of hydrogen-bond acceptors (Lipinski definition) is 5. The average Bonchev–Trinajstić information content (AvgIpc) is 2.79. The van der Waals surface area contributed by atoms with Gasteiger partial charge in [0.15, 0.2) is 0 Å². The van der Waals surface area contributed by atoms with Crippen molar-refractivity contribution >= 4 is 23.5 Å². The Hall–Kier alpha value is -2.63. The second-order valence-corrected chi connectivity index (χ2v) is 7.98. The Morgan fingerprint density at radius 1 is 0.679 bits per heavy atom. The van der Waals surface area contributed by atoms with Gasteiger partial charge in [-0.2, -0.15) is 0 Å². The maximum absolute atomic E-state index is 4.85. The molecule has 0 bridgehead atoms. The molecule has 0 saturated heterocycles. The lowest BCUT2D eigenvalue weighted by Crippen LogP contribution is -1.99. The minimum absolute atomic E-state index is 0.687. The molecular formula is C23H19N3S2. The quantitative estimate of drug-likeness (QED) is 0.359. The SMILES string of the molecule is CSc1ccc(CSc2nnc(-c3ccccc3)c(-c3ccccc3)n2)cc1. The van der Waals surface area contributed by atoms with Gasteiger partial charge in [0.25, 0.3) is 0 Å². The molecule has 0 radical (unpaired) electrons. The Balaban J connectivity index is 1.64. The zero-order chi connectivity index (χ0) is 19.2. The minimum atomic E-state index is 0.687. The molecule has 0 aliphatic heterocycles. The van der Waals surface area contributed by atoms with Crippen LogP contribution < -0.4 is 0 Å². The normalized spacial score (nSPS) is 10.8. The highest BCUT2D eigenvalue weighted by Gasteiger charge is 2.13. The van der Waals surface area contributed by atoms with Gasteiger partial charge < -0.3 is 0 Å². The first kappa shape index (κ1) is 18.7. The van der Waals surface area contributed by atoms with E-state index in [2.05, 4.69) is 52.9 Å². The minimum Gasteiger partial charge on any atom is -0.219 e. The summed E-state index contributed by atoms with van der Waals surface area (Å²) in [5, 5.41) is 9.60. The summed E-state index contributed by atoms with van der Waals surface area (Å²) >= 11 is 3.36. The van der Waals surface area contributed by atoms with Crippen LogP contribution in [0.25, 0.3) is 22.5 Å². The average molecular weight is 402 g/mol. The monoisotopic (exact) mass is 401 g/mol. The van der Waals surface area contributed by atoms with Gasteiger partial charge in [-0.3, -0.25) is 0 Å². The van der Waals surface area contributed by atoms with E-state index in [0.717, 1.165) is 28.3 Å². The van der Waals surface area contributed by atoms with Crippen LogP contribution >= 0.6 is 23.5 Å². The lowest BCUT2D eigenvalue weighted by molar-refractivity contribution is 0.850. The highest BCUT2D eigenvalue weighted by atomic mass is 32.2. The van der Waals surface area contributed by atoms with Crippen molar-refractivity contribution in [2.24, 2.45) is 0 Å². The van der Waals surface area contributed by atoms with Crippen molar-refractivity contribution in [3.63, 3.8) is 0 Å². The third-order valence-electron chi connectivity index (χ3n) is 4.29. The maximum atomic E-state index is 4.85. The molecule has 1 heterocycles. The van der Waals surface area contributed by atoms with E-state index >= 15 is 0 Å². The van der Waals surface area contributed by atoms with Crippen LogP contribution in [0.2, 0.25) is 0 Å². The predicted molar refractivity (Wildman–Crippen MR) is 118 cm³/mol. The fourth-order valence-electron chi connectivity index (χ4n) is 2.83. The summed E-state index contributed by atoms with van der Waals surface area (Å²) in [4.78, 5) is 6.12.